The number of thiophene rings is 1. The van der Waals surface area contributed by atoms with Crippen LogP contribution < -0.4 is 11.1 Å². The quantitative estimate of drug-likeness (QED) is 0.849. The zero-order valence-electron chi connectivity index (χ0n) is 9.65. The summed E-state index contributed by atoms with van der Waals surface area (Å²) in [4.78, 5) is 12.5. The lowest BCUT2D eigenvalue weighted by Gasteiger charge is -2.05. The number of rotatable bonds is 4. The second-order valence-corrected chi connectivity index (χ2v) is 5.62. The van der Waals surface area contributed by atoms with E-state index in [9.17, 15) is 4.79 Å². The lowest BCUT2D eigenvalue weighted by Crippen LogP contribution is -2.25. The topological polar surface area (TPSA) is 55.1 Å². The second-order valence-electron chi connectivity index (χ2n) is 3.85. The summed E-state index contributed by atoms with van der Waals surface area (Å²) in [6.45, 7) is 0.604. The third-order valence-corrected chi connectivity index (χ3v) is 4.31. The van der Waals surface area contributed by atoms with Crippen LogP contribution in [0.15, 0.2) is 40.2 Å². The number of anilines is 1. The SMILES string of the molecule is Nc1cccc(CCNC(=O)c2sccc2Br)c1. The fraction of sp³-hybridized carbons (Fsp3) is 0.154. The van der Waals surface area contributed by atoms with Gasteiger partial charge in [-0.3, -0.25) is 4.79 Å². The van der Waals surface area contributed by atoms with Crippen LogP contribution in [-0.2, 0) is 6.42 Å². The predicted octanol–water partition coefficient (Wildman–Crippen LogP) is 3.07. The van der Waals surface area contributed by atoms with E-state index >= 15 is 0 Å². The average molecular weight is 325 g/mol. The van der Waals surface area contributed by atoms with Crippen LogP contribution in [0.1, 0.15) is 15.2 Å². The van der Waals surface area contributed by atoms with Crippen molar-refractivity contribution >= 4 is 38.9 Å². The zero-order valence-corrected chi connectivity index (χ0v) is 12.1. The van der Waals surface area contributed by atoms with Gasteiger partial charge in [0, 0.05) is 16.7 Å². The van der Waals surface area contributed by atoms with Crippen LogP contribution in [0, 0.1) is 0 Å². The van der Waals surface area contributed by atoms with E-state index in [2.05, 4.69) is 21.2 Å². The molecule has 1 amide bonds. The molecule has 18 heavy (non-hydrogen) atoms. The Morgan fingerprint density at radius 1 is 1.39 bits per heavy atom. The molecule has 0 atom stereocenters. The first kappa shape index (κ1) is 13.1. The smallest absolute Gasteiger partial charge is 0.262 e. The van der Waals surface area contributed by atoms with Crippen molar-refractivity contribution in [2.75, 3.05) is 12.3 Å². The fourth-order valence-corrected chi connectivity index (χ4v) is 3.07. The Morgan fingerprint density at radius 3 is 2.89 bits per heavy atom. The molecule has 0 unspecified atom stereocenters. The van der Waals surface area contributed by atoms with Crippen molar-refractivity contribution in [3.8, 4) is 0 Å². The van der Waals surface area contributed by atoms with Crippen molar-refractivity contribution in [1.29, 1.82) is 0 Å². The minimum Gasteiger partial charge on any atom is -0.399 e. The summed E-state index contributed by atoms with van der Waals surface area (Å²) < 4.78 is 0.842. The first-order valence-corrected chi connectivity index (χ1v) is 7.19. The molecular weight excluding hydrogens is 312 g/mol. The van der Waals surface area contributed by atoms with Gasteiger partial charge in [0.2, 0.25) is 0 Å². The molecule has 3 nitrogen and oxygen atoms in total. The largest absolute Gasteiger partial charge is 0.399 e. The molecule has 1 aromatic heterocycles. The Labute approximate surface area is 118 Å². The highest BCUT2D eigenvalue weighted by Crippen LogP contribution is 2.22. The van der Waals surface area contributed by atoms with Gasteiger partial charge in [0.25, 0.3) is 5.91 Å². The molecule has 0 aliphatic rings. The number of nitrogens with one attached hydrogen (secondary N) is 1. The summed E-state index contributed by atoms with van der Waals surface area (Å²) in [6.07, 6.45) is 0.778. The van der Waals surface area contributed by atoms with Gasteiger partial charge >= 0.3 is 0 Å². The van der Waals surface area contributed by atoms with Gasteiger partial charge in [0.15, 0.2) is 0 Å². The minimum atomic E-state index is -0.0409. The van der Waals surface area contributed by atoms with E-state index in [0.29, 0.717) is 11.4 Å². The Bertz CT molecular complexity index is 553. The maximum absolute atomic E-state index is 11.8. The molecule has 0 saturated carbocycles. The number of carbonyl (C=O) groups excluding carboxylic acids is 1. The van der Waals surface area contributed by atoms with E-state index < -0.39 is 0 Å². The number of benzene rings is 1. The zero-order chi connectivity index (χ0) is 13.0. The summed E-state index contributed by atoms with van der Waals surface area (Å²) in [7, 11) is 0. The van der Waals surface area contributed by atoms with Gasteiger partial charge in [-0.25, -0.2) is 0 Å². The number of halogens is 1. The Balaban J connectivity index is 1.86. The molecule has 1 heterocycles. The normalized spacial score (nSPS) is 10.3. The molecule has 0 bridgehead atoms. The van der Waals surface area contributed by atoms with Crippen molar-refractivity contribution in [1.82, 2.24) is 5.32 Å². The van der Waals surface area contributed by atoms with Crippen LogP contribution >= 0.6 is 27.3 Å². The van der Waals surface area contributed by atoms with Gasteiger partial charge in [0.1, 0.15) is 4.88 Å². The third kappa shape index (κ3) is 3.34. The molecule has 94 valence electrons. The molecule has 0 aliphatic carbocycles. The molecule has 2 rings (SSSR count). The van der Waals surface area contributed by atoms with Crippen LogP contribution in [0.2, 0.25) is 0 Å². The molecule has 0 aliphatic heterocycles. The molecule has 1 aromatic carbocycles. The summed E-state index contributed by atoms with van der Waals surface area (Å²) in [5.74, 6) is -0.0409. The molecule has 0 fully saturated rings. The number of hydrogen-bond donors (Lipinski definition) is 2. The number of carbonyl (C=O) groups is 1. The van der Waals surface area contributed by atoms with Gasteiger partial charge in [-0.2, -0.15) is 0 Å². The van der Waals surface area contributed by atoms with Crippen LogP contribution in [0.25, 0.3) is 0 Å². The molecule has 3 N–H and O–H groups in total. The highest BCUT2D eigenvalue weighted by atomic mass is 79.9. The first-order valence-electron chi connectivity index (χ1n) is 5.52. The number of nitrogens with two attached hydrogens (primary N) is 1. The van der Waals surface area contributed by atoms with Crippen molar-refractivity contribution in [2.24, 2.45) is 0 Å². The third-order valence-electron chi connectivity index (χ3n) is 2.47. The summed E-state index contributed by atoms with van der Waals surface area (Å²) in [5, 5.41) is 4.78. The Hall–Kier alpha value is -1.33. The Morgan fingerprint density at radius 2 is 2.22 bits per heavy atom. The average Bonchev–Trinajstić information content (AvgIpc) is 2.75. The standard InChI is InChI=1S/C13H13BrN2OS/c14-11-5-7-18-12(11)13(17)16-6-4-9-2-1-3-10(15)8-9/h1-3,5,7-8H,4,6,15H2,(H,16,17). The molecule has 0 saturated heterocycles. The summed E-state index contributed by atoms with van der Waals surface area (Å²) >= 11 is 4.77. The van der Waals surface area contributed by atoms with Gasteiger partial charge in [-0.1, -0.05) is 12.1 Å². The molecule has 0 radical (unpaired) electrons. The van der Waals surface area contributed by atoms with E-state index in [1.165, 1.54) is 11.3 Å². The van der Waals surface area contributed by atoms with Crippen molar-refractivity contribution in [2.45, 2.75) is 6.42 Å². The van der Waals surface area contributed by atoms with Gasteiger partial charge in [0.05, 0.1) is 0 Å². The molecular formula is C13H13BrN2OS. The lowest BCUT2D eigenvalue weighted by atomic mass is 10.1. The number of nitrogen functional groups attached to an aromatic ring is 1. The lowest BCUT2D eigenvalue weighted by molar-refractivity contribution is 0.0957. The van der Waals surface area contributed by atoms with Crippen LogP contribution in [0.5, 0.6) is 0 Å². The van der Waals surface area contributed by atoms with Crippen molar-refractivity contribution in [3.05, 3.63) is 50.6 Å². The van der Waals surface area contributed by atoms with E-state index in [1.807, 2.05) is 35.7 Å². The van der Waals surface area contributed by atoms with Crippen molar-refractivity contribution in [3.63, 3.8) is 0 Å². The summed E-state index contributed by atoms with van der Waals surface area (Å²) in [5.41, 5.74) is 7.57. The number of amides is 1. The highest BCUT2D eigenvalue weighted by Gasteiger charge is 2.10. The maximum atomic E-state index is 11.8. The fourth-order valence-electron chi connectivity index (χ4n) is 1.61. The van der Waals surface area contributed by atoms with Crippen molar-refractivity contribution < 1.29 is 4.79 Å². The first-order chi connectivity index (χ1) is 8.66. The summed E-state index contributed by atoms with van der Waals surface area (Å²) in [6, 6.07) is 9.57. The van der Waals surface area contributed by atoms with Crippen LogP contribution in [0.4, 0.5) is 5.69 Å². The second kappa shape index (κ2) is 6.02. The van der Waals surface area contributed by atoms with E-state index in [-0.39, 0.29) is 5.91 Å². The predicted molar refractivity (Wildman–Crippen MR) is 78.9 cm³/mol. The van der Waals surface area contributed by atoms with E-state index in [1.54, 1.807) is 0 Å². The maximum Gasteiger partial charge on any atom is 0.262 e. The highest BCUT2D eigenvalue weighted by molar-refractivity contribution is 9.10. The monoisotopic (exact) mass is 324 g/mol. The minimum absolute atomic E-state index is 0.0409. The van der Waals surface area contributed by atoms with E-state index in [0.717, 1.165) is 22.1 Å². The van der Waals surface area contributed by atoms with E-state index in [4.69, 9.17) is 5.73 Å². The molecule has 2 aromatic rings. The van der Waals surface area contributed by atoms with Crippen LogP contribution in [0.3, 0.4) is 0 Å². The van der Waals surface area contributed by atoms with Gasteiger partial charge < -0.3 is 11.1 Å². The van der Waals surface area contributed by atoms with Gasteiger partial charge in [-0.05, 0) is 51.5 Å². The van der Waals surface area contributed by atoms with Gasteiger partial charge in [-0.15, -0.1) is 11.3 Å². The number of hydrogen-bond acceptors (Lipinski definition) is 3. The molecule has 5 heteroatoms. The van der Waals surface area contributed by atoms with Crippen LogP contribution in [-0.4, -0.2) is 12.5 Å². The Kier molecular flexibility index (Phi) is 4.38. The molecule has 0 spiro atoms.